The molecule has 0 aliphatic heterocycles. The van der Waals surface area contributed by atoms with Crippen molar-refractivity contribution in [3.05, 3.63) is 0 Å². The molecule has 0 fully saturated rings. The zero-order chi connectivity index (χ0) is 11.2. The summed E-state index contributed by atoms with van der Waals surface area (Å²) in [5.74, 6) is -0.807. The molecule has 0 rings (SSSR count). The van der Waals surface area contributed by atoms with Gasteiger partial charge in [-0.3, -0.25) is 4.79 Å². The predicted molar refractivity (Wildman–Crippen MR) is 52.3 cm³/mol. The van der Waals surface area contributed by atoms with Crippen LogP contribution in [0.15, 0.2) is 10.2 Å². The van der Waals surface area contributed by atoms with Crippen LogP contribution in [0, 0.1) is 0 Å². The third-order valence-corrected chi connectivity index (χ3v) is 1.77. The highest BCUT2D eigenvalue weighted by Crippen LogP contribution is 2.12. The number of nitrogens with zero attached hydrogens (tertiary/aromatic N) is 2. The smallest absolute Gasteiger partial charge is 0.303 e. The molecule has 0 aromatic carbocycles. The second-order valence-corrected chi connectivity index (χ2v) is 3.65. The van der Waals surface area contributed by atoms with Crippen LogP contribution in [-0.4, -0.2) is 30.0 Å². The summed E-state index contributed by atoms with van der Waals surface area (Å²) in [7, 11) is 1.56. The van der Waals surface area contributed by atoms with Crippen LogP contribution in [0.3, 0.4) is 0 Å². The Labute approximate surface area is 84.2 Å². The number of methoxy groups -OCH3 is 1. The minimum Gasteiger partial charge on any atom is -0.481 e. The zero-order valence-electron chi connectivity index (χ0n) is 9.15. The van der Waals surface area contributed by atoms with Gasteiger partial charge in [0.25, 0.3) is 0 Å². The summed E-state index contributed by atoms with van der Waals surface area (Å²) in [5.41, 5.74) is -0.627. The number of ether oxygens (including phenoxy) is 1. The van der Waals surface area contributed by atoms with E-state index in [4.69, 9.17) is 9.84 Å². The minimum absolute atomic E-state index is 0.0828. The predicted octanol–water partition coefficient (Wildman–Crippen LogP) is 2.07. The van der Waals surface area contributed by atoms with E-state index in [1.54, 1.807) is 21.0 Å². The Bertz CT molecular complexity index is 214. The van der Waals surface area contributed by atoms with Crippen LogP contribution in [-0.2, 0) is 9.53 Å². The minimum atomic E-state index is -0.807. The zero-order valence-corrected chi connectivity index (χ0v) is 9.15. The average molecular weight is 202 g/mol. The van der Waals surface area contributed by atoms with Gasteiger partial charge in [-0.15, -0.1) is 0 Å². The van der Waals surface area contributed by atoms with Crippen LogP contribution in [0.25, 0.3) is 0 Å². The molecule has 0 aromatic rings. The maximum atomic E-state index is 10.3. The molecule has 0 bridgehead atoms. The summed E-state index contributed by atoms with van der Waals surface area (Å²) in [4.78, 5) is 10.3. The summed E-state index contributed by atoms with van der Waals surface area (Å²) >= 11 is 0. The van der Waals surface area contributed by atoms with Gasteiger partial charge in [-0.05, 0) is 27.2 Å². The van der Waals surface area contributed by atoms with Crippen molar-refractivity contribution in [2.75, 3.05) is 7.11 Å². The lowest BCUT2D eigenvalue weighted by molar-refractivity contribution is -0.137. The van der Waals surface area contributed by atoms with Gasteiger partial charge >= 0.3 is 5.97 Å². The van der Waals surface area contributed by atoms with Crippen LogP contribution >= 0.6 is 0 Å². The molecule has 0 amide bonds. The summed E-state index contributed by atoms with van der Waals surface area (Å²) in [6, 6.07) is -0.0828. The van der Waals surface area contributed by atoms with Crippen molar-refractivity contribution in [1.29, 1.82) is 0 Å². The quantitative estimate of drug-likeness (QED) is 0.670. The van der Waals surface area contributed by atoms with E-state index in [1.165, 1.54) is 0 Å². The second kappa shape index (κ2) is 5.70. The first-order valence-electron chi connectivity index (χ1n) is 4.56. The van der Waals surface area contributed by atoms with Crippen LogP contribution in [0.1, 0.15) is 33.6 Å². The first kappa shape index (κ1) is 13.0. The summed E-state index contributed by atoms with van der Waals surface area (Å²) in [6.45, 7) is 5.42. The molecule has 0 aliphatic rings. The van der Waals surface area contributed by atoms with E-state index in [2.05, 4.69) is 10.2 Å². The summed E-state index contributed by atoms with van der Waals surface area (Å²) in [6.07, 6.45) is 0.617. The number of hydrogen-bond acceptors (Lipinski definition) is 4. The number of carboxylic acid groups (broad SMARTS) is 1. The second-order valence-electron chi connectivity index (χ2n) is 3.65. The molecule has 1 unspecified atom stereocenters. The van der Waals surface area contributed by atoms with Crippen molar-refractivity contribution in [3.63, 3.8) is 0 Å². The fourth-order valence-corrected chi connectivity index (χ4v) is 0.669. The SMILES string of the molecule is COC(C)(C)/N=N/C(C)CCC(=O)O. The highest BCUT2D eigenvalue weighted by Gasteiger charge is 2.14. The van der Waals surface area contributed by atoms with Gasteiger partial charge < -0.3 is 9.84 Å². The van der Waals surface area contributed by atoms with Crippen LogP contribution in [0.4, 0.5) is 0 Å². The maximum absolute atomic E-state index is 10.3. The Morgan fingerprint density at radius 3 is 2.57 bits per heavy atom. The van der Waals surface area contributed by atoms with Crippen LogP contribution in [0.2, 0.25) is 0 Å². The Morgan fingerprint density at radius 2 is 2.14 bits per heavy atom. The molecule has 5 heteroatoms. The van der Waals surface area contributed by atoms with Crippen LogP contribution < -0.4 is 0 Å². The van der Waals surface area contributed by atoms with E-state index < -0.39 is 11.7 Å². The van der Waals surface area contributed by atoms with E-state index in [1.807, 2.05) is 6.92 Å². The first-order chi connectivity index (χ1) is 6.37. The van der Waals surface area contributed by atoms with Gasteiger partial charge in [0.05, 0.1) is 6.04 Å². The van der Waals surface area contributed by atoms with E-state index in [-0.39, 0.29) is 12.5 Å². The maximum Gasteiger partial charge on any atom is 0.303 e. The highest BCUT2D eigenvalue weighted by atomic mass is 16.5. The van der Waals surface area contributed by atoms with Gasteiger partial charge in [0, 0.05) is 13.5 Å². The third kappa shape index (κ3) is 6.54. The molecular weight excluding hydrogens is 184 g/mol. The molecule has 0 aromatic heterocycles. The standard InChI is InChI=1S/C9H18N2O3/c1-7(5-6-8(12)13)10-11-9(2,3)14-4/h7H,5-6H2,1-4H3,(H,12,13)/b11-10+. The number of azo groups is 1. The van der Waals surface area contributed by atoms with E-state index in [0.717, 1.165) is 0 Å². The Balaban J connectivity index is 3.92. The first-order valence-corrected chi connectivity index (χ1v) is 4.56. The van der Waals surface area contributed by atoms with Crippen molar-refractivity contribution < 1.29 is 14.6 Å². The summed E-state index contributed by atoms with van der Waals surface area (Å²) in [5, 5.41) is 16.4. The Morgan fingerprint density at radius 1 is 1.57 bits per heavy atom. The normalized spacial score (nSPS) is 14.6. The van der Waals surface area contributed by atoms with Crippen LogP contribution in [0.5, 0.6) is 0 Å². The molecule has 5 nitrogen and oxygen atoms in total. The van der Waals surface area contributed by atoms with Gasteiger partial charge in [-0.1, -0.05) is 0 Å². The molecule has 1 atom stereocenters. The number of aliphatic carboxylic acids is 1. The molecule has 0 saturated heterocycles. The van der Waals surface area contributed by atoms with Gasteiger partial charge in [0.1, 0.15) is 0 Å². The van der Waals surface area contributed by atoms with E-state index in [9.17, 15) is 4.79 Å². The summed E-state index contributed by atoms with van der Waals surface area (Å²) < 4.78 is 5.04. The molecule has 1 N–H and O–H groups in total. The average Bonchev–Trinajstić information content (AvgIpc) is 2.11. The molecule has 0 radical (unpaired) electrons. The molecule has 14 heavy (non-hydrogen) atoms. The van der Waals surface area contributed by atoms with E-state index >= 15 is 0 Å². The van der Waals surface area contributed by atoms with Crippen molar-refractivity contribution in [3.8, 4) is 0 Å². The number of carboxylic acids is 1. The van der Waals surface area contributed by atoms with Gasteiger partial charge in [-0.25, -0.2) is 0 Å². The lowest BCUT2D eigenvalue weighted by atomic mass is 10.2. The largest absolute Gasteiger partial charge is 0.481 e. The fourth-order valence-electron chi connectivity index (χ4n) is 0.669. The monoisotopic (exact) mass is 202 g/mol. The molecule has 0 spiro atoms. The Kier molecular flexibility index (Phi) is 5.30. The topological polar surface area (TPSA) is 71.2 Å². The lowest BCUT2D eigenvalue weighted by Gasteiger charge is -2.16. The Hall–Kier alpha value is -0.970. The van der Waals surface area contributed by atoms with Gasteiger partial charge in [-0.2, -0.15) is 10.2 Å². The van der Waals surface area contributed by atoms with Crippen molar-refractivity contribution in [1.82, 2.24) is 0 Å². The molecule has 0 saturated carbocycles. The van der Waals surface area contributed by atoms with E-state index in [0.29, 0.717) is 6.42 Å². The van der Waals surface area contributed by atoms with Crippen molar-refractivity contribution in [2.45, 2.75) is 45.4 Å². The lowest BCUT2D eigenvalue weighted by Crippen LogP contribution is -2.18. The van der Waals surface area contributed by atoms with Gasteiger partial charge in [0.15, 0.2) is 5.72 Å². The van der Waals surface area contributed by atoms with Crippen molar-refractivity contribution in [2.24, 2.45) is 10.2 Å². The fraction of sp³-hybridized carbons (Fsp3) is 0.889. The van der Waals surface area contributed by atoms with Gasteiger partial charge in [0.2, 0.25) is 0 Å². The highest BCUT2D eigenvalue weighted by molar-refractivity contribution is 5.66. The number of rotatable bonds is 6. The molecular formula is C9H18N2O3. The molecule has 0 heterocycles. The van der Waals surface area contributed by atoms with Crippen molar-refractivity contribution >= 4 is 5.97 Å². The number of hydrogen-bond donors (Lipinski definition) is 1. The third-order valence-electron chi connectivity index (χ3n) is 1.77. The molecule has 82 valence electrons. The number of carbonyl (C=O) groups is 1. The molecule has 0 aliphatic carbocycles.